The average molecular weight is 376 g/mol. The van der Waals surface area contributed by atoms with Crippen LogP contribution in [0.1, 0.15) is 5.01 Å². The molecule has 22 heavy (non-hydrogen) atoms. The van der Waals surface area contributed by atoms with Crippen molar-refractivity contribution >= 4 is 66.0 Å². The third-order valence-electron chi connectivity index (χ3n) is 3.35. The molecule has 1 aliphatic heterocycles. The molecule has 3 rings (SSSR count). The lowest BCUT2D eigenvalue weighted by Gasteiger charge is -2.17. The maximum absolute atomic E-state index is 11.5. The number of aromatic nitrogens is 1. The van der Waals surface area contributed by atoms with Crippen LogP contribution >= 0.6 is 35.2 Å². The van der Waals surface area contributed by atoms with E-state index in [0.717, 1.165) is 20.9 Å². The second kappa shape index (κ2) is 5.92. The number of thiazole rings is 1. The van der Waals surface area contributed by atoms with Crippen molar-refractivity contribution in [1.82, 2.24) is 10.3 Å². The smallest absolute Gasteiger partial charge is 0.171 e. The summed E-state index contributed by atoms with van der Waals surface area (Å²) in [4.78, 5) is 4.40. The van der Waals surface area contributed by atoms with Crippen LogP contribution in [0.25, 0.3) is 10.2 Å². The number of nitrogens with zero attached hydrogens (tertiary/aromatic N) is 1. The van der Waals surface area contributed by atoms with Crippen molar-refractivity contribution in [2.75, 3.05) is 16.8 Å². The molecule has 1 aliphatic rings. The summed E-state index contributed by atoms with van der Waals surface area (Å²) in [6, 6.07) is 5.42. The summed E-state index contributed by atoms with van der Waals surface area (Å²) < 4.78 is 24.2. The molecule has 2 heterocycles. The van der Waals surface area contributed by atoms with Crippen LogP contribution in [0.4, 0.5) is 5.69 Å². The van der Waals surface area contributed by atoms with Gasteiger partial charge in [-0.05, 0) is 37.3 Å². The number of nitrogens with one attached hydrogen (secondary N) is 2. The number of anilines is 1. The number of alkyl halides is 1. The van der Waals surface area contributed by atoms with Crippen molar-refractivity contribution in [3.63, 3.8) is 0 Å². The first kappa shape index (κ1) is 15.9. The Bertz CT molecular complexity index is 834. The molecule has 2 aromatic rings. The van der Waals surface area contributed by atoms with E-state index in [2.05, 4.69) is 15.6 Å². The van der Waals surface area contributed by atoms with E-state index in [1.54, 1.807) is 11.3 Å². The minimum atomic E-state index is -3.08. The lowest BCUT2D eigenvalue weighted by molar-refractivity contribution is 0.600. The van der Waals surface area contributed by atoms with Gasteiger partial charge in [0.15, 0.2) is 14.9 Å². The minimum absolute atomic E-state index is 0.00998. The number of aryl methyl sites for hydroxylation is 1. The van der Waals surface area contributed by atoms with Gasteiger partial charge in [0.05, 0.1) is 38.1 Å². The Morgan fingerprint density at radius 3 is 2.91 bits per heavy atom. The van der Waals surface area contributed by atoms with Crippen LogP contribution in [0.3, 0.4) is 0 Å². The van der Waals surface area contributed by atoms with Gasteiger partial charge in [-0.25, -0.2) is 13.4 Å². The predicted octanol–water partition coefficient (Wildman–Crippen LogP) is 2.30. The quantitative estimate of drug-likeness (QED) is 0.620. The summed E-state index contributed by atoms with van der Waals surface area (Å²) in [6.45, 7) is 1.96. The number of fused-ring (bicyclic) bond motifs is 1. The molecule has 1 saturated heterocycles. The molecule has 0 bridgehead atoms. The van der Waals surface area contributed by atoms with Crippen molar-refractivity contribution < 1.29 is 8.42 Å². The van der Waals surface area contributed by atoms with E-state index < -0.39 is 15.2 Å². The Kier molecular flexibility index (Phi) is 4.28. The molecule has 0 unspecified atom stereocenters. The first-order valence-corrected chi connectivity index (χ1v) is 10.1. The lowest BCUT2D eigenvalue weighted by atomic mass is 10.2. The Balaban J connectivity index is 1.68. The van der Waals surface area contributed by atoms with E-state index in [9.17, 15) is 8.42 Å². The van der Waals surface area contributed by atoms with E-state index in [1.165, 1.54) is 0 Å². The van der Waals surface area contributed by atoms with E-state index in [1.807, 2.05) is 25.1 Å². The molecular weight excluding hydrogens is 362 g/mol. The molecule has 9 heteroatoms. The molecular formula is C13H14ClN3O2S3. The molecule has 0 spiro atoms. The third kappa shape index (κ3) is 3.51. The molecule has 0 aliphatic carbocycles. The number of hydrogen-bond acceptors (Lipinski definition) is 5. The number of hydrogen-bond donors (Lipinski definition) is 2. The van der Waals surface area contributed by atoms with Gasteiger partial charge in [-0.15, -0.1) is 22.9 Å². The number of halogens is 1. The zero-order chi connectivity index (χ0) is 15.9. The highest BCUT2D eigenvalue weighted by Gasteiger charge is 2.36. The Labute approximate surface area is 143 Å². The van der Waals surface area contributed by atoms with Gasteiger partial charge in [0.2, 0.25) is 0 Å². The maximum atomic E-state index is 11.5. The summed E-state index contributed by atoms with van der Waals surface area (Å²) in [5.41, 5.74) is 1.79. The molecule has 2 N–H and O–H groups in total. The summed E-state index contributed by atoms with van der Waals surface area (Å²) in [5, 5.41) is 6.96. The van der Waals surface area contributed by atoms with Gasteiger partial charge in [-0.2, -0.15) is 0 Å². The fourth-order valence-corrected chi connectivity index (χ4v) is 6.08. The number of benzene rings is 1. The molecule has 5 nitrogen and oxygen atoms in total. The first-order chi connectivity index (χ1) is 10.3. The van der Waals surface area contributed by atoms with Gasteiger partial charge in [-0.3, -0.25) is 0 Å². The van der Waals surface area contributed by atoms with Crippen molar-refractivity contribution in [1.29, 1.82) is 0 Å². The van der Waals surface area contributed by atoms with E-state index >= 15 is 0 Å². The molecule has 0 saturated carbocycles. The highest BCUT2D eigenvalue weighted by Crippen LogP contribution is 2.25. The second-order valence-electron chi connectivity index (χ2n) is 5.21. The van der Waals surface area contributed by atoms with Crippen molar-refractivity contribution in [2.24, 2.45) is 0 Å². The van der Waals surface area contributed by atoms with Gasteiger partial charge in [-0.1, -0.05) is 0 Å². The van der Waals surface area contributed by atoms with Crippen molar-refractivity contribution in [2.45, 2.75) is 18.3 Å². The van der Waals surface area contributed by atoms with Gasteiger partial charge >= 0.3 is 0 Å². The fraction of sp³-hybridized carbons (Fsp3) is 0.385. The van der Waals surface area contributed by atoms with Gasteiger partial charge < -0.3 is 10.6 Å². The topological polar surface area (TPSA) is 71.1 Å². The Morgan fingerprint density at radius 1 is 1.45 bits per heavy atom. The molecule has 1 aromatic heterocycles. The predicted molar refractivity (Wildman–Crippen MR) is 95.8 cm³/mol. The van der Waals surface area contributed by atoms with Gasteiger partial charge in [0.1, 0.15) is 0 Å². The Morgan fingerprint density at radius 2 is 2.23 bits per heavy atom. The number of rotatable bonds is 2. The van der Waals surface area contributed by atoms with Gasteiger partial charge in [0.25, 0.3) is 0 Å². The van der Waals surface area contributed by atoms with Crippen molar-refractivity contribution in [3.8, 4) is 0 Å². The van der Waals surface area contributed by atoms with Crippen molar-refractivity contribution in [3.05, 3.63) is 23.2 Å². The van der Waals surface area contributed by atoms with Crippen LogP contribution in [0, 0.1) is 6.92 Å². The summed E-state index contributed by atoms with van der Waals surface area (Å²) in [6.07, 6.45) is 0. The minimum Gasteiger partial charge on any atom is -0.357 e. The Hall–Kier alpha value is -0.960. The summed E-state index contributed by atoms with van der Waals surface area (Å²) >= 11 is 12.9. The summed E-state index contributed by atoms with van der Waals surface area (Å²) in [7, 11) is -3.08. The van der Waals surface area contributed by atoms with E-state index in [-0.39, 0.29) is 17.5 Å². The average Bonchev–Trinajstić information content (AvgIpc) is 2.87. The van der Waals surface area contributed by atoms with Crippen LogP contribution in [-0.4, -0.2) is 41.4 Å². The lowest BCUT2D eigenvalue weighted by Crippen LogP contribution is -2.42. The zero-order valence-electron chi connectivity index (χ0n) is 11.7. The maximum Gasteiger partial charge on any atom is 0.171 e. The zero-order valence-corrected chi connectivity index (χ0v) is 14.9. The SMILES string of the molecule is Cc1nc2ccc(NC(=S)N[C@@H]3CS(=O)(=O)C[C@@H]3Cl)cc2s1. The second-order valence-corrected chi connectivity index (χ2v) is 9.57. The monoisotopic (exact) mass is 375 g/mol. The molecule has 118 valence electrons. The van der Waals surface area contributed by atoms with Crippen LogP contribution in [0.5, 0.6) is 0 Å². The first-order valence-electron chi connectivity index (χ1n) is 6.62. The fourth-order valence-electron chi connectivity index (χ4n) is 2.39. The molecule has 1 aromatic carbocycles. The van der Waals surface area contributed by atoms with Gasteiger partial charge in [0, 0.05) is 5.69 Å². The largest absolute Gasteiger partial charge is 0.357 e. The van der Waals surface area contributed by atoms with Crippen LogP contribution in [-0.2, 0) is 9.84 Å². The molecule has 2 atom stereocenters. The van der Waals surface area contributed by atoms with Crippen LogP contribution in [0.2, 0.25) is 0 Å². The van der Waals surface area contributed by atoms with E-state index in [0.29, 0.717) is 5.11 Å². The van der Waals surface area contributed by atoms with Crippen LogP contribution in [0.15, 0.2) is 18.2 Å². The standard InChI is InChI=1S/C13H14ClN3O2S3/c1-7-15-10-3-2-8(4-12(10)21-7)16-13(20)17-11-6-22(18,19)5-9(11)14/h2-4,9,11H,5-6H2,1H3,(H2,16,17,20)/t9-,11+/m0/s1. The van der Waals surface area contributed by atoms with E-state index in [4.69, 9.17) is 23.8 Å². The third-order valence-corrected chi connectivity index (χ3v) is 6.88. The normalized spacial score (nSPS) is 23.5. The van der Waals surface area contributed by atoms with Crippen LogP contribution < -0.4 is 10.6 Å². The molecule has 1 fully saturated rings. The summed E-state index contributed by atoms with van der Waals surface area (Å²) in [5.74, 6) is -0.00298. The highest BCUT2D eigenvalue weighted by molar-refractivity contribution is 7.91. The molecule has 0 amide bonds. The highest BCUT2D eigenvalue weighted by atomic mass is 35.5. The number of thiocarbonyl (C=S) groups is 1. The molecule has 0 radical (unpaired) electrons. The number of sulfone groups is 1.